The summed E-state index contributed by atoms with van der Waals surface area (Å²) in [6.45, 7) is 6.15. The maximum atomic E-state index is 12.1. The van der Waals surface area contributed by atoms with Gasteiger partial charge in [0.05, 0.1) is 12.5 Å². The highest BCUT2D eigenvalue weighted by Gasteiger charge is 2.10. The van der Waals surface area contributed by atoms with Gasteiger partial charge in [-0.1, -0.05) is 46.3 Å². The molecule has 1 N–H and O–H groups in total. The second-order valence-electron chi connectivity index (χ2n) is 5.44. The predicted molar refractivity (Wildman–Crippen MR) is 90.3 cm³/mol. The molecule has 0 bridgehead atoms. The highest BCUT2D eigenvalue weighted by molar-refractivity contribution is 9.10. The minimum Gasteiger partial charge on any atom is -0.349 e. The second kappa shape index (κ2) is 6.90. The van der Waals surface area contributed by atoms with Gasteiger partial charge in [0.1, 0.15) is 0 Å². The van der Waals surface area contributed by atoms with Crippen LogP contribution in [0, 0.1) is 13.8 Å². The monoisotopic (exact) mass is 345 g/mol. The summed E-state index contributed by atoms with van der Waals surface area (Å²) < 4.78 is 1.04. The molecule has 0 heterocycles. The van der Waals surface area contributed by atoms with Crippen molar-refractivity contribution in [3.05, 3.63) is 69.2 Å². The van der Waals surface area contributed by atoms with Crippen molar-refractivity contribution in [2.75, 3.05) is 0 Å². The molecule has 1 atom stereocenters. The molecule has 2 aromatic rings. The van der Waals surface area contributed by atoms with E-state index < -0.39 is 0 Å². The predicted octanol–water partition coefficient (Wildman–Crippen LogP) is 4.49. The first kappa shape index (κ1) is 15.8. The van der Waals surface area contributed by atoms with Gasteiger partial charge in [0.25, 0.3) is 0 Å². The van der Waals surface area contributed by atoms with Crippen LogP contribution in [0.3, 0.4) is 0 Å². The summed E-state index contributed by atoms with van der Waals surface area (Å²) in [6, 6.07) is 14.2. The first-order valence-electron chi connectivity index (χ1n) is 7.06. The molecule has 21 heavy (non-hydrogen) atoms. The molecule has 2 aromatic carbocycles. The van der Waals surface area contributed by atoms with Crippen LogP contribution in [0.2, 0.25) is 0 Å². The number of benzene rings is 2. The lowest BCUT2D eigenvalue weighted by molar-refractivity contribution is -0.121. The van der Waals surface area contributed by atoms with E-state index in [1.165, 1.54) is 11.1 Å². The fraction of sp³-hybridized carbons (Fsp3) is 0.278. The lowest BCUT2D eigenvalue weighted by Gasteiger charge is -2.15. The molecular formula is C18H20BrNO. The molecule has 0 aromatic heterocycles. The van der Waals surface area contributed by atoms with E-state index in [4.69, 9.17) is 0 Å². The Morgan fingerprint density at radius 3 is 2.38 bits per heavy atom. The average Bonchev–Trinajstić information content (AvgIpc) is 2.43. The summed E-state index contributed by atoms with van der Waals surface area (Å²) >= 11 is 3.41. The normalized spacial score (nSPS) is 12.0. The van der Waals surface area contributed by atoms with Crippen LogP contribution in [-0.4, -0.2) is 5.91 Å². The summed E-state index contributed by atoms with van der Waals surface area (Å²) in [4.78, 5) is 12.1. The summed E-state index contributed by atoms with van der Waals surface area (Å²) in [5.41, 5.74) is 4.63. The van der Waals surface area contributed by atoms with Gasteiger partial charge >= 0.3 is 0 Å². The standard InChI is InChI=1S/C18H20BrNO/c1-12-4-5-15(10-13(12)2)11-18(21)20-14(3)16-6-8-17(19)9-7-16/h4-10,14H,11H2,1-3H3,(H,20,21)/t14-/m0/s1. The SMILES string of the molecule is Cc1ccc(CC(=O)N[C@@H](C)c2ccc(Br)cc2)cc1C. The largest absolute Gasteiger partial charge is 0.349 e. The number of amides is 1. The number of rotatable bonds is 4. The smallest absolute Gasteiger partial charge is 0.224 e. The van der Waals surface area contributed by atoms with Crippen LogP contribution >= 0.6 is 15.9 Å². The highest BCUT2D eigenvalue weighted by Crippen LogP contribution is 2.17. The van der Waals surface area contributed by atoms with E-state index in [2.05, 4.69) is 47.2 Å². The summed E-state index contributed by atoms with van der Waals surface area (Å²) in [6.07, 6.45) is 0.419. The third-order valence-corrected chi connectivity index (χ3v) is 4.21. The molecule has 0 fully saturated rings. The van der Waals surface area contributed by atoms with E-state index >= 15 is 0 Å². The van der Waals surface area contributed by atoms with Crippen molar-refractivity contribution < 1.29 is 4.79 Å². The molecule has 3 heteroatoms. The zero-order valence-corrected chi connectivity index (χ0v) is 14.2. The van der Waals surface area contributed by atoms with Crippen molar-refractivity contribution in [2.45, 2.75) is 33.2 Å². The molecule has 0 aliphatic rings. The quantitative estimate of drug-likeness (QED) is 0.869. The van der Waals surface area contributed by atoms with Crippen LogP contribution < -0.4 is 5.32 Å². The van der Waals surface area contributed by atoms with E-state index in [1.54, 1.807) is 0 Å². The van der Waals surface area contributed by atoms with Crippen LogP contribution in [0.5, 0.6) is 0 Å². The number of halogens is 1. The third-order valence-electron chi connectivity index (χ3n) is 3.68. The zero-order chi connectivity index (χ0) is 15.4. The topological polar surface area (TPSA) is 29.1 Å². The lowest BCUT2D eigenvalue weighted by Crippen LogP contribution is -2.28. The Morgan fingerprint density at radius 1 is 1.10 bits per heavy atom. The van der Waals surface area contributed by atoms with E-state index in [1.807, 2.05) is 37.3 Å². The van der Waals surface area contributed by atoms with Crippen molar-refractivity contribution >= 4 is 21.8 Å². The van der Waals surface area contributed by atoms with Crippen LogP contribution in [-0.2, 0) is 11.2 Å². The first-order chi connectivity index (χ1) is 9.95. The fourth-order valence-corrected chi connectivity index (χ4v) is 2.49. The number of nitrogens with one attached hydrogen (secondary N) is 1. The number of carbonyl (C=O) groups is 1. The lowest BCUT2D eigenvalue weighted by atomic mass is 10.0. The zero-order valence-electron chi connectivity index (χ0n) is 12.6. The van der Waals surface area contributed by atoms with Gasteiger partial charge in [-0.3, -0.25) is 4.79 Å². The van der Waals surface area contributed by atoms with Crippen LogP contribution in [0.25, 0.3) is 0 Å². The van der Waals surface area contributed by atoms with Gasteiger partial charge in [-0.15, -0.1) is 0 Å². The minimum absolute atomic E-state index is 0.0112. The molecule has 2 rings (SSSR count). The van der Waals surface area contributed by atoms with Crippen molar-refractivity contribution in [3.63, 3.8) is 0 Å². The molecule has 2 nitrogen and oxygen atoms in total. The number of hydrogen-bond donors (Lipinski definition) is 1. The Kier molecular flexibility index (Phi) is 5.18. The Morgan fingerprint density at radius 2 is 1.76 bits per heavy atom. The Labute approximate surface area is 134 Å². The molecule has 0 spiro atoms. The fourth-order valence-electron chi connectivity index (χ4n) is 2.23. The minimum atomic E-state index is 0.0112. The average molecular weight is 346 g/mol. The molecule has 0 unspecified atom stereocenters. The van der Waals surface area contributed by atoms with Gasteiger partial charge in [-0.2, -0.15) is 0 Å². The molecule has 0 saturated carbocycles. The van der Waals surface area contributed by atoms with Crippen LogP contribution in [0.15, 0.2) is 46.9 Å². The Balaban J connectivity index is 1.97. The third kappa shape index (κ3) is 4.43. The second-order valence-corrected chi connectivity index (χ2v) is 6.35. The summed E-state index contributed by atoms with van der Waals surface area (Å²) in [5.74, 6) is 0.0497. The van der Waals surface area contributed by atoms with Gasteiger partial charge in [-0.05, 0) is 55.2 Å². The maximum absolute atomic E-state index is 12.1. The summed E-state index contributed by atoms with van der Waals surface area (Å²) in [7, 11) is 0. The van der Waals surface area contributed by atoms with Gasteiger partial charge in [0.2, 0.25) is 5.91 Å². The first-order valence-corrected chi connectivity index (χ1v) is 7.86. The van der Waals surface area contributed by atoms with Crippen molar-refractivity contribution in [1.29, 1.82) is 0 Å². The van der Waals surface area contributed by atoms with Gasteiger partial charge in [0, 0.05) is 4.47 Å². The van der Waals surface area contributed by atoms with Crippen molar-refractivity contribution in [3.8, 4) is 0 Å². The Bertz CT molecular complexity index is 634. The van der Waals surface area contributed by atoms with E-state index in [9.17, 15) is 4.79 Å². The molecule has 0 aliphatic carbocycles. The van der Waals surface area contributed by atoms with Crippen molar-refractivity contribution in [1.82, 2.24) is 5.32 Å². The molecular weight excluding hydrogens is 326 g/mol. The van der Waals surface area contributed by atoms with Gasteiger partial charge in [0.15, 0.2) is 0 Å². The van der Waals surface area contributed by atoms with Gasteiger partial charge in [-0.25, -0.2) is 0 Å². The molecule has 0 aliphatic heterocycles. The van der Waals surface area contributed by atoms with Crippen LogP contribution in [0.1, 0.15) is 35.2 Å². The van der Waals surface area contributed by atoms with E-state index in [0.717, 1.165) is 15.6 Å². The molecule has 0 saturated heterocycles. The Hall–Kier alpha value is -1.61. The molecule has 0 radical (unpaired) electrons. The van der Waals surface area contributed by atoms with E-state index in [0.29, 0.717) is 6.42 Å². The van der Waals surface area contributed by atoms with E-state index in [-0.39, 0.29) is 11.9 Å². The molecule has 1 amide bonds. The summed E-state index contributed by atoms with van der Waals surface area (Å²) in [5, 5.41) is 3.04. The van der Waals surface area contributed by atoms with Gasteiger partial charge < -0.3 is 5.32 Å². The number of aryl methyl sites for hydroxylation is 2. The van der Waals surface area contributed by atoms with Crippen molar-refractivity contribution in [2.24, 2.45) is 0 Å². The number of hydrogen-bond acceptors (Lipinski definition) is 1. The molecule has 110 valence electrons. The highest BCUT2D eigenvalue weighted by atomic mass is 79.9. The maximum Gasteiger partial charge on any atom is 0.224 e. The van der Waals surface area contributed by atoms with Crippen LogP contribution in [0.4, 0.5) is 0 Å². The number of carbonyl (C=O) groups excluding carboxylic acids is 1.